The lowest BCUT2D eigenvalue weighted by molar-refractivity contribution is 0.192. The lowest BCUT2D eigenvalue weighted by Gasteiger charge is -2.33. The quantitative estimate of drug-likeness (QED) is 0.671. The number of imidazole rings is 1. The van der Waals surface area contributed by atoms with E-state index in [1.54, 1.807) is 6.20 Å². The largest absolute Gasteiger partial charge is 0.381 e. The van der Waals surface area contributed by atoms with Crippen LogP contribution in [0.1, 0.15) is 23.7 Å². The van der Waals surface area contributed by atoms with Crippen LogP contribution < -0.4 is 10.0 Å². The molecule has 10 heteroatoms. The third-order valence-corrected chi connectivity index (χ3v) is 5.31. The molecule has 1 unspecified atom stereocenters. The summed E-state index contributed by atoms with van der Waals surface area (Å²) < 4.78 is 12.9. The van der Waals surface area contributed by atoms with E-state index in [2.05, 4.69) is 15.1 Å². The summed E-state index contributed by atoms with van der Waals surface area (Å²) in [6.07, 6.45) is 2.62. The Hall–Kier alpha value is -2.91. The molecule has 9 nitrogen and oxygen atoms in total. The fourth-order valence-electron chi connectivity index (χ4n) is 3.74. The molecule has 0 amide bonds. The molecule has 3 aliphatic heterocycles. The highest BCUT2D eigenvalue weighted by Gasteiger charge is 2.39. The Morgan fingerprint density at radius 2 is 2.15 bits per heavy atom. The molecule has 0 spiro atoms. The number of hydrogen-bond acceptors (Lipinski definition) is 8. The van der Waals surface area contributed by atoms with Gasteiger partial charge in [-0.25, -0.2) is 20.0 Å². The number of benzene rings is 1. The number of aliphatic imine (C=N–C) groups is 1. The van der Waals surface area contributed by atoms with Gasteiger partial charge in [-0.15, -0.1) is 0 Å². The van der Waals surface area contributed by atoms with Gasteiger partial charge in [0, 0.05) is 18.1 Å². The van der Waals surface area contributed by atoms with E-state index >= 15 is 0 Å². The third-order valence-electron chi connectivity index (χ3n) is 5.05. The molecule has 0 bridgehead atoms. The first-order valence-electron chi connectivity index (χ1n) is 8.67. The minimum Gasteiger partial charge on any atom is -0.381 e. The number of ether oxygens (including phenoxy) is 1. The molecule has 3 aliphatic rings. The summed E-state index contributed by atoms with van der Waals surface area (Å²) in [6.45, 7) is 1.72. The van der Waals surface area contributed by atoms with Crippen LogP contribution in [-0.2, 0) is 4.74 Å². The minimum atomic E-state index is 0.174. The molecule has 2 aromatic heterocycles. The molecule has 1 saturated heterocycles. The van der Waals surface area contributed by atoms with Crippen molar-refractivity contribution in [3.8, 4) is 5.69 Å². The van der Waals surface area contributed by atoms with Gasteiger partial charge in [-0.1, -0.05) is 17.3 Å². The molecule has 5 heterocycles. The summed E-state index contributed by atoms with van der Waals surface area (Å²) in [5, 5.41) is 8.29. The van der Waals surface area contributed by atoms with Crippen LogP contribution in [0.25, 0.3) is 5.69 Å². The van der Waals surface area contributed by atoms with Crippen molar-refractivity contribution in [1.29, 1.82) is 0 Å². The number of fused-ring (bicyclic) bond motifs is 6. The topological polar surface area (TPSA) is 84.8 Å². The maximum absolute atomic E-state index is 6.36. The summed E-state index contributed by atoms with van der Waals surface area (Å²) >= 11 is 6.36. The molecule has 1 atom stereocenters. The van der Waals surface area contributed by atoms with Crippen LogP contribution >= 0.6 is 11.6 Å². The Morgan fingerprint density at radius 3 is 3.04 bits per heavy atom. The van der Waals surface area contributed by atoms with Crippen LogP contribution in [0.4, 0.5) is 11.8 Å². The van der Waals surface area contributed by atoms with Gasteiger partial charge in [0.1, 0.15) is 6.67 Å². The molecule has 27 heavy (non-hydrogen) atoms. The van der Waals surface area contributed by atoms with Crippen LogP contribution in [0.2, 0.25) is 5.28 Å². The van der Waals surface area contributed by atoms with Crippen LogP contribution in [0.15, 0.2) is 40.0 Å². The third kappa shape index (κ3) is 2.09. The zero-order valence-corrected chi connectivity index (χ0v) is 14.9. The normalized spacial score (nSPS) is 20.5. The van der Waals surface area contributed by atoms with Crippen molar-refractivity contribution in [1.82, 2.24) is 19.7 Å². The van der Waals surface area contributed by atoms with Gasteiger partial charge in [-0.05, 0) is 30.2 Å². The predicted octanol–water partition coefficient (Wildman–Crippen LogP) is 2.37. The average molecular weight is 384 g/mol. The number of hydrogen-bond donors (Lipinski definition) is 0. The molecular weight excluding hydrogens is 370 g/mol. The maximum Gasteiger partial charge on any atom is 0.345 e. The van der Waals surface area contributed by atoms with Gasteiger partial charge in [-0.3, -0.25) is 4.57 Å². The second kappa shape index (κ2) is 5.54. The van der Waals surface area contributed by atoms with Crippen molar-refractivity contribution in [2.24, 2.45) is 4.99 Å². The highest BCUT2D eigenvalue weighted by Crippen LogP contribution is 2.38. The number of para-hydroxylation sites is 1. The molecule has 1 aromatic carbocycles. The van der Waals surface area contributed by atoms with Gasteiger partial charge >= 0.3 is 6.01 Å². The van der Waals surface area contributed by atoms with Crippen molar-refractivity contribution in [3.05, 3.63) is 47.1 Å². The molecule has 0 radical (unpaired) electrons. The van der Waals surface area contributed by atoms with E-state index in [1.165, 1.54) is 0 Å². The van der Waals surface area contributed by atoms with Gasteiger partial charge in [0.25, 0.3) is 0 Å². The summed E-state index contributed by atoms with van der Waals surface area (Å²) in [5.41, 5.74) is 1.91. The first kappa shape index (κ1) is 15.2. The minimum absolute atomic E-state index is 0.174. The second-order valence-electron chi connectivity index (χ2n) is 6.57. The van der Waals surface area contributed by atoms with Gasteiger partial charge in [0.05, 0.1) is 18.5 Å². The summed E-state index contributed by atoms with van der Waals surface area (Å²) in [7, 11) is 0. The smallest absolute Gasteiger partial charge is 0.345 e. The lowest BCUT2D eigenvalue weighted by Crippen LogP contribution is -2.45. The van der Waals surface area contributed by atoms with E-state index < -0.39 is 0 Å². The number of aromatic nitrogens is 4. The number of nitrogens with zero attached hydrogens (tertiary/aromatic N) is 7. The predicted molar refractivity (Wildman–Crippen MR) is 97.4 cm³/mol. The number of anilines is 2. The van der Waals surface area contributed by atoms with E-state index in [0.717, 1.165) is 35.9 Å². The van der Waals surface area contributed by atoms with Crippen LogP contribution in [0.5, 0.6) is 0 Å². The van der Waals surface area contributed by atoms with Crippen molar-refractivity contribution < 1.29 is 9.26 Å². The number of halogens is 1. The van der Waals surface area contributed by atoms with E-state index in [-0.39, 0.29) is 5.92 Å². The van der Waals surface area contributed by atoms with Gasteiger partial charge in [-0.2, -0.15) is 4.98 Å². The average Bonchev–Trinajstić information content (AvgIpc) is 3.46. The fourth-order valence-corrected chi connectivity index (χ4v) is 3.97. The summed E-state index contributed by atoms with van der Waals surface area (Å²) in [5.74, 6) is 2.42. The van der Waals surface area contributed by atoms with E-state index in [0.29, 0.717) is 30.4 Å². The first-order chi connectivity index (χ1) is 13.3. The Balaban J connectivity index is 1.44. The Bertz CT molecular complexity index is 1070. The molecule has 0 N–H and O–H groups in total. The van der Waals surface area contributed by atoms with Crippen molar-refractivity contribution in [3.63, 3.8) is 0 Å². The van der Waals surface area contributed by atoms with Crippen molar-refractivity contribution in [2.75, 3.05) is 29.9 Å². The van der Waals surface area contributed by atoms with Crippen molar-refractivity contribution >= 4 is 29.3 Å². The first-order valence-corrected chi connectivity index (χ1v) is 9.05. The van der Waals surface area contributed by atoms with Gasteiger partial charge < -0.3 is 9.26 Å². The molecule has 6 rings (SSSR count). The SMILES string of the molecule is Clc1ncc2n1-c1ccccc1C1=NCN(c3nc(C4CCOC4)no3)N12. The molecule has 0 aliphatic carbocycles. The molecule has 136 valence electrons. The monoisotopic (exact) mass is 383 g/mol. The van der Waals surface area contributed by atoms with E-state index in [9.17, 15) is 0 Å². The highest BCUT2D eigenvalue weighted by atomic mass is 35.5. The Labute approximate surface area is 158 Å². The lowest BCUT2D eigenvalue weighted by atomic mass is 10.1. The van der Waals surface area contributed by atoms with Crippen molar-refractivity contribution in [2.45, 2.75) is 12.3 Å². The number of amidine groups is 1. The van der Waals surface area contributed by atoms with Gasteiger partial charge in [0.2, 0.25) is 5.28 Å². The van der Waals surface area contributed by atoms with Gasteiger partial charge in [0.15, 0.2) is 17.5 Å². The van der Waals surface area contributed by atoms with E-state index in [1.807, 2.05) is 38.9 Å². The molecule has 3 aromatic rings. The second-order valence-corrected chi connectivity index (χ2v) is 6.91. The molecule has 0 saturated carbocycles. The zero-order chi connectivity index (χ0) is 18.0. The zero-order valence-electron chi connectivity index (χ0n) is 14.1. The molecular formula is C17H14ClN7O2. The Kier molecular flexibility index (Phi) is 3.12. The number of rotatable bonds is 2. The summed E-state index contributed by atoms with van der Waals surface area (Å²) in [4.78, 5) is 13.6. The van der Waals surface area contributed by atoms with E-state index in [4.69, 9.17) is 25.9 Å². The highest BCUT2D eigenvalue weighted by molar-refractivity contribution is 6.29. The van der Waals surface area contributed by atoms with Crippen LogP contribution in [-0.4, -0.2) is 45.4 Å². The number of hydrazine groups is 1. The maximum atomic E-state index is 6.36. The molecule has 1 fully saturated rings. The van der Waals surface area contributed by atoms with Crippen LogP contribution in [0.3, 0.4) is 0 Å². The fraction of sp³-hybridized carbons (Fsp3) is 0.294. The van der Waals surface area contributed by atoms with Crippen LogP contribution in [0, 0.1) is 0 Å². The standard InChI is InChI=1S/C17H14ClN7O2/c18-16-19-7-13-24(16)12-4-2-1-3-11(12)15-20-9-23(25(13)15)17-21-14(22-27-17)10-5-6-26-8-10/h1-4,7,10H,5-6,8-9H2. The summed E-state index contributed by atoms with van der Waals surface area (Å²) in [6, 6.07) is 8.34. The Morgan fingerprint density at radius 1 is 1.22 bits per heavy atom.